The molecule has 1 aliphatic carbocycles. The Bertz CT molecular complexity index is 289. The van der Waals surface area contributed by atoms with E-state index in [2.05, 4.69) is 17.3 Å². The second-order valence-corrected chi connectivity index (χ2v) is 6.32. The number of amides is 1. The highest BCUT2D eigenvalue weighted by molar-refractivity contribution is 5.76. The summed E-state index contributed by atoms with van der Waals surface area (Å²) in [5.74, 6) is 1.05. The average Bonchev–Trinajstić information content (AvgIpc) is 2.42. The molecule has 4 nitrogen and oxygen atoms in total. The van der Waals surface area contributed by atoms with E-state index in [-0.39, 0.29) is 0 Å². The lowest BCUT2D eigenvalue weighted by molar-refractivity contribution is -0.132. The molecule has 1 atom stereocenters. The summed E-state index contributed by atoms with van der Waals surface area (Å²) in [5.41, 5.74) is 0. The van der Waals surface area contributed by atoms with Gasteiger partial charge in [-0.1, -0.05) is 19.3 Å². The zero-order chi connectivity index (χ0) is 13.7. The first-order valence-electron chi connectivity index (χ1n) is 7.81. The number of nitrogens with zero attached hydrogens (tertiary/aromatic N) is 2. The number of carbonyl (C=O) groups excluding carboxylic acids is 1. The third-order valence-electron chi connectivity index (χ3n) is 4.74. The van der Waals surface area contributed by atoms with Gasteiger partial charge in [-0.25, -0.2) is 0 Å². The van der Waals surface area contributed by atoms with Crippen molar-refractivity contribution in [2.45, 2.75) is 44.6 Å². The lowest BCUT2D eigenvalue weighted by Crippen LogP contribution is -2.51. The summed E-state index contributed by atoms with van der Waals surface area (Å²) in [7, 11) is 4.10. The summed E-state index contributed by atoms with van der Waals surface area (Å²) in [6.07, 6.45) is 7.36. The molecule has 0 bridgehead atoms. The van der Waals surface area contributed by atoms with Crippen LogP contribution in [0.15, 0.2) is 0 Å². The van der Waals surface area contributed by atoms with E-state index < -0.39 is 0 Å². The van der Waals surface area contributed by atoms with E-state index in [0.29, 0.717) is 18.4 Å². The summed E-state index contributed by atoms with van der Waals surface area (Å²) >= 11 is 0. The van der Waals surface area contributed by atoms with Crippen molar-refractivity contribution in [3.8, 4) is 0 Å². The Morgan fingerprint density at radius 1 is 1.32 bits per heavy atom. The molecule has 1 amide bonds. The van der Waals surface area contributed by atoms with E-state index in [9.17, 15) is 4.79 Å². The molecule has 4 heteroatoms. The van der Waals surface area contributed by atoms with Crippen molar-refractivity contribution >= 4 is 5.91 Å². The van der Waals surface area contributed by atoms with Gasteiger partial charge in [-0.3, -0.25) is 4.79 Å². The summed E-state index contributed by atoms with van der Waals surface area (Å²) < 4.78 is 0. The minimum absolute atomic E-state index is 0.311. The van der Waals surface area contributed by atoms with Gasteiger partial charge in [0.15, 0.2) is 0 Å². The van der Waals surface area contributed by atoms with Crippen LogP contribution in [0.5, 0.6) is 0 Å². The summed E-state index contributed by atoms with van der Waals surface area (Å²) in [6.45, 7) is 3.99. The third-order valence-corrected chi connectivity index (χ3v) is 4.74. The SMILES string of the molecule is CN(CC1CCCCC1)C(=O)CC1CNCCN1C. The number of piperazine rings is 1. The largest absolute Gasteiger partial charge is 0.345 e. The molecule has 2 fully saturated rings. The predicted molar refractivity (Wildman–Crippen MR) is 78.1 cm³/mol. The van der Waals surface area contributed by atoms with Gasteiger partial charge in [0.2, 0.25) is 5.91 Å². The van der Waals surface area contributed by atoms with Crippen LogP contribution in [0, 0.1) is 5.92 Å². The van der Waals surface area contributed by atoms with Crippen molar-refractivity contribution < 1.29 is 4.79 Å². The van der Waals surface area contributed by atoms with Gasteiger partial charge in [-0.05, 0) is 25.8 Å². The van der Waals surface area contributed by atoms with Crippen molar-refractivity contribution in [1.29, 1.82) is 0 Å². The Kier molecular flexibility index (Phi) is 5.64. The average molecular weight is 267 g/mol. The summed E-state index contributed by atoms with van der Waals surface area (Å²) in [6, 6.07) is 0.370. The molecule has 1 heterocycles. The molecule has 19 heavy (non-hydrogen) atoms. The van der Waals surface area contributed by atoms with Crippen LogP contribution in [0.3, 0.4) is 0 Å². The normalized spacial score (nSPS) is 26.3. The fraction of sp³-hybridized carbons (Fsp3) is 0.933. The second kappa shape index (κ2) is 7.25. The van der Waals surface area contributed by atoms with Crippen LogP contribution >= 0.6 is 0 Å². The number of nitrogens with one attached hydrogen (secondary N) is 1. The highest BCUT2D eigenvalue weighted by atomic mass is 16.2. The van der Waals surface area contributed by atoms with Gasteiger partial charge in [0.25, 0.3) is 0 Å². The van der Waals surface area contributed by atoms with E-state index in [1.165, 1.54) is 32.1 Å². The fourth-order valence-electron chi connectivity index (χ4n) is 3.31. The summed E-state index contributed by atoms with van der Waals surface area (Å²) in [4.78, 5) is 16.6. The Morgan fingerprint density at radius 3 is 2.74 bits per heavy atom. The lowest BCUT2D eigenvalue weighted by Gasteiger charge is -2.34. The highest BCUT2D eigenvalue weighted by Gasteiger charge is 2.24. The molecule has 1 N–H and O–H groups in total. The van der Waals surface area contributed by atoms with Crippen molar-refractivity contribution in [2.24, 2.45) is 5.92 Å². The van der Waals surface area contributed by atoms with Crippen molar-refractivity contribution in [2.75, 3.05) is 40.3 Å². The molecule has 2 rings (SSSR count). The molecule has 1 saturated heterocycles. The van der Waals surface area contributed by atoms with Crippen LogP contribution in [0.25, 0.3) is 0 Å². The minimum Gasteiger partial charge on any atom is -0.345 e. The van der Waals surface area contributed by atoms with Crippen molar-refractivity contribution in [3.63, 3.8) is 0 Å². The van der Waals surface area contributed by atoms with Crippen LogP contribution < -0.4 is 5.32 Å². The Labute approximate surface area is 117 Å². The van der Waals surface area contributed by atoms with E-state index in [0.717, 1.165) is 32.1 Å². The quantitative estimate of drug-likeness (QED) is 0.834. The van der Waals surface area contributed by atoms with Gasteiger partial charge < -0.3 is 15.1 Å². The first kappa shape index (κ1) is 14.8. The fourth-order valence-corrected chi connectivity index (χ4v) is 3.31. The molecule has 1 unspecified atom stereocenters. The van der Waals surface area contributed by atoms with E-state index in [4.69, 9.17) is 0 Å². The Hall–Kier alpha value is -0.610. The van der Waals surface area contributed by atoms with E-state index in [1.807, 2.05) is 11.9 Å². The van der Waals surface area contributed by atoms with Gasteiger partial charge in [-0.15, -0.1) is 0 Å². The molecule has 0 aromatic rings. The van der Waals surface area contributed by atoms with Crippen LogP contribution in [-0.2, 0) is 4.79 Å². The van der Waals surface area contributed by atoms with Crippen molar-refractivity contribution in [3.05, 3.63) is 0 Å². The van der Waals surface area contributed by atoms with Crippen LogP contribution in [-0.4, -0.2) is 62.0 Å². The van der Waals surface area contributed by atoms with Crippen LogP contribution in [0.4, 0.5) is 0 Å². The standard InChI is InChI=1S/C15H29N3O/c1-17-9-8-16-11-14(17)10-15(19)18(2)12-13-6-4-3-5-7-13/h13-14,16H,3-12H2,1-2H3. The molecular weight excluding hydrogens is 238 g/mol. The summed E-state index contributed by atoms with van der Waals surface area (Å²) in [5, 5.41) is 3.38. The topological polar surface area (TPSA) is 35.6 Å². The van der Waals surface area contributed by atoms with Gasteiger partial charge in [0.05, 0.1) is 0 Å². The van der Waals surface area contributed by atoms with E-state index in [1.54, 1.807) is 0 Å². The highest BCUT2D eigenvalue weighted by Crippen LogP contribution is 2.24. The molecule has 0 aromatic carbocycles. The predicted octanol–water partition coefficient (Wildman–Crippen LogP) is 1.32. The van der Waals surface area contributed by atoms with Crippen LogP contribution in [0.2, 0.25) is 0 Å². The molecule has 0 aromatic heterocycles. The molecule has 1 aliphatic heterocycles. The molecule has 0 radical (unpaired) electrons. The number of hydrogen-bond donors (Lipinski definition) is 1. The Balaban J connectivity index is 1.74. The van der Waals surface area contributed by atoms with E-state index >= 15 is 0 Å². The third kappa shape index (κ3) is 4.46. The van der Waals surface area contributed by atoms with Gasteiger partial charge in [0.1, 0.15) is 0 Å². The van der Waals surface area contributed by atoms with Gasteiger partial charge >= 0.3 is 0 Å². The first-order chi connectivity index (χ1) is 9.16. The number of carbonyl (C=O) groups is 1. The molecule has 0 spiro atoms. The monoisotopic (exact) mass is 267 g/mol. The zero-order valence-electron chi connectivity index (χ0n) is 12.5. The lowest BCUT2D eigenvalue weighted by atomic mass is 9.89. The maximum atomic E-state index is 12.3. The first-order valence-corrected chi connectivity index (χ1v) is 7.81. The number of rotatable bonds is 4. The van der Waals surface area contributed by atoms with Crippen molar-refractivity contribution in [1.82, 2.24) is 15.1 Å². The maximum Gasteiger partial charge on any atom is 0.223 e. The van der Waals surface area contributed by atoms with Gasteiger partial charge in [-0.2, -0.15) is 0 Å². The Morgan fingerprint density at radius 2 is 2.05 bits per heavy atom. The van der Waals surface area contributed by atoms with Crippen LogP contribution in [0.1, 0.15) is 38.5 Å². The molecular formula is C15H29N3O. The number of hydrogen-bond acceptors (Lipinski definition) is 3. The minimum atomic E-state index is 0.311. The molecule has 110 valence electrons. The molecule has 2 aliphatic rings. The zero-order valence-corrected chi connectivity index (χ0v) is 12.5. The second-order valence-electron chi connectivity index (χ2n) is 6.32. The maximum absolute atomic E-state index is 12.3. The molecule has 1 saturated carbocycles. The smallest absolute Gasteiger partial charge is 0.223 e. The number of likely N-dealkylation sites (N-methyl/N-ethyl adjacent to an activating group) is 1. The van der Waals surface area contributed by atoms with Gasteiger partial charge in [0, 0.05) is 45.7 Å².